The third kappa shape index (κ3) is 40.7. The molecule has 0 aliphatic rings. The Bertz CT molecular complexity index is 1170. The molecule has 2 atom stereocenters. The summed E-state index contributed by atoms with van der Waals surface area (Å²) in [4.78, 5) is 34.8. The lowest BCUT2D eigenvalue weighted by molar-refractivity contribution is -0.161. The van der Waals surface area contributed by atoms with Crippen molar-refractivity contribution in [3.63, 3.8) is 0 Å². The average molecular weight is 790 g/mol. The zero-order chi connectivity index (χ0) is 40.3. The summed E-state index contributed by atoms with van der Waals surface area (Å²) in [5, 5.41) is 0. The lowest BCUT2D eigenvalue weighted by Crippen LogP contribution is -2.29. The second kappa shape index (κ2) is 40.8. The Morgan fingerprint density at radius 1 is 0.564 bits per heavy atom. The first kappa shape index (κ1) is 52.2. The number of hydrogen-bond acceptors (Lipinski definition) is 8. The second-order valence-corrected chi connectivity index (χ2v) is 14.9. The van der Waals surface area contributed by atoms with Crippen molar-refractivity contribution in [2.45, 2.75) is 161 Å². The number of rotatable bonds is 38. The van der Waals surface area contributed by atoms with Crippen LogP contribution in [0.25, 0.3) is 0 Å². The van der Waals surface area contributed by atoms with E-state index < -0.39 is 32.5 Å². The van der Waals surface area contributed by atoms with Crippen molar-refractivity contribution < 1.29 is 37.6 Å². The minimum atomic E-state index is -4.40. The molecule has 55 heavy (non-hydrogen) atoms. The van der Waals surface area contributed by atoms with E-state index in [1.54, 1.807) is 0 Å². The summed E-state index contributed by atoms with van der Waals surface area (Å²) in [5.74, 6) is -0.940. The summed E-state index contributed by atoms with van der Waals surface area (Å²) >= 11 is 0. The summed E-state index contributed by atoms with van der Waals surface area (Å²) in [6.45, 7) is 3.49. The largest absolute Gasteiger partial charge is 0.472 e. The highest BCUT2D eigenvalue weighted by Gasteiger charge is 2.25. The van der Waals surface area contributed by atoms with Gasteiger partial charge in [-0.1, -0.05) is 150 Å². The molecule has 0 amide bonds. The Hall–Kier alpha value is -2.81. The predicted octanol–water partition coefficient (Wildman–Crippen LogP) is 12.0. The minimum Gasteiger partial charge on any atom is -0.462 e. The lowest BCUT2D eigenvalue weighted by Gasteiger charge is -2.19. The van der Waals surface area contributed by atoms with Crippen LogP contribution in [0.2, 0.25) is 0 Å². The van der Waals surface area contributed by atoms with Crippen LogP contribution in [0.4, 0.5) is 0 Å². The number of carbonyl (C=O) groups is 2. The van der Waals surface area contributed by atoms with E-state index in [0.717, 1.165) is 64.2 Å². The Morgan fingerprint density at radius 2 is 1.04 bits per heavy atom. The normalized spacial score (nSPS) is 14.2. The number of carbonyl (C=O) groups excluding carboxylic acids is 2. The molecule has 0 heterocycles. The molecule has 3 N–H and O–H groups in total. The molecule has 0 aromatic heterocycles. The summed E-state index contributed by atoms with van der Waals surface area (Å²) < 4.78 is 32.6. The first-order chi connectivity index (χ1) is 26.8. The van der Waals surface area contributed by atoms with E-state index in [1.807, 2.05) is 12.2 Å². The zero-order valence-electron chi connectivity index (χ0n) is 34.4. The number of unbranched alkanes of at least 4 members (excludes halogenated alkanes) is 11. The van der Waals surface area contributed by atoms with Gasteiger partial charge in [0.05, 0.1) is 13.2 Å². The van der Waals surface area contributed by atoms with Crippen molar-refractivity contribution in [1.82, 2.24) is 0 Å². The van der Waals surface area contributed by atoms with Gasteiger partial charge in [0.25, 0.3) is 0 Å². The van der Waals surface area contributed by atoms with Gasteiger partial charge in [0, 0.05) is 19.4 Å². The van der Waals surface area contributed by atoms with E-state index in [1.165, 1.54) is 51.4 Å². The SMILES string of the molecule is CCC=CCC=CCC=CCC=CCC=CCC=CCCC(=O)O[C@H](COC(=O)CCCCCCCCCC=CCCCCCC)COP(=O)(O)OCCN. The second-order valence-electron chi connectivity index (χ2n) is 13.5. The summed E-state index contributed by atoms with van der Waals surface area (Å²) in [5.41, 5.74) is 5.34. The van der Waals surface area contributed by atoms with Gasteiger partial charge < -0.3 is 20.1 Å². The third-order valence-corrected chi connectivity index (χ3v) is 9.26. The van der Waals surface area contributed by atoms with E-state index in [4.69, 9.17) is 24.3 Å². The number of allylic oxidation sites excluding steroid dienone is 14. The molecule has 1 unspecified atom stereocenters. The fraction of sp³-hybridized carbons (Fsp3) is 0.644. The molecule has 0 aromatic rings. The quantitative estimate of drug-likeness (QED) is 0.0271. The number of ether oxygens (including phenoxy) is 2. The highest BCUT2D eigenvalue weighted by molar-refractivity contribution is 7.47. The maximum atomic E-state index is 12.5. The number of esters is 2. The molecular weight excluding hydrogens is 713 g/mol. The first-order valence-corrected chi connectivity index (χ1v) is 22.6. The van der Waals surface area contributed by atoms with E-state index in [-0.39, 0.29) is 32.6 Å². The van der Waals surface area contributed by atoms with Crippen LogP contribution in [0.3, 0.4) is 0 Å². The van der Waals surface area contributed by atoms with Crippen LogP contribution in [0.5, 0.6) is 0 Å². The summed E-state index contributed by atoms with van der Waals surface area (Å²) in [6.07, 6.45) is 50.5. The molecular formula is C45H76NO8P. The average Bonchev–Trinajstić information content (AvgIpc) is 3.17. The predicted molar refractivity (Wildman–Crippen MR) is 229 cm³/mol. The van der Waals surface area contributed by atoms with Crippen LogP contribution in [-0.4, -0.2) is 49.3 Å². The zero-order valence-corrected chi connectivity index (χ0v) is 35.3. The van der Waals surface area contributed by atoms with Crippen LogP contribution >= 0.6 is 7.82 Å². The van der Waals surface area contributed by atoms with E-state index in [2.05, 4.69) is 86.8 Å². The molecule has 314 valence electrons. The smallest absolute Gasteiger partial charge is 0.462 e. The van der Waals surface area contributed by atoms with Crippen LogP contribution in [0.1, 0.15) is 155 Å². The maximum absolute atomic E-state index is 12.5. The maximum Gasteiger partial charge on any atom is 0.472 e. The summed E-state index contributed by atoms with van der Waals surface area (Å²) in [6, 6.07) is 0. The van der Waals surface area contributed by atoms with E-state index in [9.17, 15) is 19.0 Å². The highest BCUT2D eigenvalue weighted by atomic mass is 31.2. The Kier molecular flexibility index (Phi) is 38.8. The van der Waals surface area contributed by atoms with E-state index in [0.29, 0.717) is 12.8 Å². The number of phosphoric ester groups is 1. The number of hydrogen-bond donors (Lipinski definition) is 2. The Labute approximate surface area is 334 Å². The molecule has 0 saturated heterocycles. The van der Waals surface area contributed by atoms with Crippen LogP contribution in [0.15, 0.2) is 85.1 Å². The Balaban J connectivity index is 4.33. The van der Waals surface area contributed by atoms with Crippen LogP contribution in [0, 0.1) is 0 Å². The number of phosphoric acid groups is 1. The van der Waals surface area contributed by atoms with Gasteiger partial charge in [-0.15, -0.1) is 0 Å². The van der Waals surface area contributed by atoms with Gasteiger partial charge in [0.1, 0.15) is 6.61 Å². The van der Waals surface area contributed by atoms with Crippen molar-refractivity contribution in [2.24, 2.45) is 5.73 Å². The monoisotopic (exact) mass is 790 g/mol. The molecule has 0 aliphatic carbocycles. The van der Waals surface area contributed by atoms with Crippen LogP contribution < -0.4 is 5.73 Å². The third-order valence-electron chi connectivity index (χ3n) is 8.28. The molecule has 0 saturated carbocycles. The molecule has 0 fully saturated rings. The van der Waals surface area contributed by atoms with Gasteiger partial charge in [0.15, 0.2) is 6.10 Å². The molecule has 10 heteroatoms. The molecule has 0 spiro atoms. The molecule has 0 bridgehead atoms. The van der Waals surface area contributed by atoms with Gasteiger partial charge in [-0.2, -0.15) is 0 Å². The van der Waals surface area contributed by atoms with Gasteiger partial charge in [-0.3, -0.25) is 18.6 Å². The first-order valence-electron chi connectivity index (χ1n) is 21.1. The van der Waals surface area contributed by atoms with Gasteiger partial charge >= 0.3 is 19.8 Å². The molecule has 0 aromatic carbocycles. The van der Waals surface area contributed by atoms with Crippen molar-refractivity contribution in [1.29, 1.82) is 0 Å². The van der Waals surface area contributed by atoms with E-state index >= 15 is 0 Å². The molecule has 0 rings (SSSR count). The molecule has 0 radical (unpaired) electrons. The van der Waals surface area contributed by atoms with Crippen molar-refractivity contribution in [3.05, 3.63) is 85.1 Å². The van der Waals surface area contributed by atoms with Gasteiger partial charge in [0.2, 0.25) is 0 Å². The Morgan fingerprint density at radius 3 is 1.56 bits per heavy atom. The topological polar surface area (TPSA) is 134 Å². The van der Waals surface area contributed by atoms with Crippen LogP contribution in [-0.2, 0) is 32.7 Å². The van der Waals surface area contributed by atoms with Gasteiger partial charge in [-0.05, 0) is 77.0 Å². The van der Waals surface area contributed by atoms with Crippen molar-refractivity contribution in [2.75, 3.05) is 26.4 Å². The minimum absolute atomic E-state index is 0.0371. The van der Waals surface area contributed by atoms with Crippen molar-refractivity contribution in [3.8, 4) is 0 Å². The molecule has 9 nitrogen and oxygen atoms in total. The fourth-order valence-corrected chi connectivity index (χ4v) is 5.95. The highest BCUT2D eigenvalue weighted by Crippen LogP contribution is 2.43. The number of nitrogens with two attached hydrogens (primary N) is 1. The summed E-state index contributed by atoms with van der Waals surface area (Å²) in [7, 11) is -4.40. The standard InChI is InChI=1S/C45H76NO8P/c1-3-5-7-9-11-13-15-17-19-20-21-22-24-26-28-30-32-34-36-38-45(48)54-43(42-53-55(49,50)52-40-39-46)41-51-44(47)37-35-33-31-29-27-25-23-18-16-14-12-10-8-6-4-2/h5,7,11,13-14,16-17,19,21-22,26,28,32,34,43H,3-4,6,8-10,12,15,18,20,23-25,27,29-31,33,35-42,46H2,1-2H3,(H,49,50)/t43-/m1/s1. The lowest BCUT2D eigenvalue weighted by atomic mass is 10.1. The van der Waals surface area contributed by atoms with Crippen molar-refractivity contribution >= 4 is 19.8 Å². The fourth-order valence-electron chi connectivity index (χ4n) is 5.18. The van der Waals surface area contributed by atoms with Gasteiger partial charge in [-0.25, -0.2) is 4.57 Å². The molecule has 0 aliphatic heterocycles.